The Morgan fingerprint density at radius 2 is 1.83 bits per heavy atom. The average Bonchev–Trinajstić information content (AvgIpc) is 1.88. The van der Waals surface area contributed by atoms with Gasteiger partial charge in [0.1, 0.15) is 0 Å². The fourth-order valence-electron chi connectivity index (χ4n) is 0.810. The van der Waals surface area contributed by atoms with E-state index in [2.05, 4.69) is 31.1 Å². The van der Waals surface area contributed by atoms with Gasteiger partial charge in [-0.3, -0.25) is 0 Å². The summed E-state index contributed by atoms with van der Waals surface area (Å²) in [6.45, 7) is 6.70. The number of nitrogens with zero attached hydrogens (tertiary/aromatic N) is 2. The van der Waals surface area contributed by atoms with Crippen molar-refractivity contribution in [2.45, 2.75) is 33.6 Å². The van der Waals surface area contributed by atoms with E-state index >= 15 is 0 Å². The van der Waals surface area contributed by atoms with Crippen LogP contribution in [0.3, 0.4) is 0 Å². The normalized spacial score (nSPS) is 12.2. The van der Waals surface area contributed by atoms with E-state index in [9.17, 15) is 0 Å². The molecule has 0 aromatic carbocycles. The van der Waals surface area contributed by atoms with Gasteiger partial charge in [0.15, 0.2) is 0 Å². The molecule has 0 aliphatic rings. The van der Waals surface area contributed by atoms with Gasteiger partial charge in [-0.15, -0.1) is 0 Å². The molecule has 3 heteroatoms. The summed E-state index contributed by atoms with van der Waals surface area (Å²) in [5.41, 5.74) is 0.390. The zero-order valence-electron chi connectivity index (χ0n) is 8.64. The second-order valence-corrected chi connectivity index (χ2v) is 3.92. The summed E-state index contributed by atoms with van der Waals surface area (Å²) in [6.07, 6.45) is 2.15. The first-order valence-electron chi connectivity index (χ1n) is 4.05. The Bertz CT molecular complexity index is 136. The minimum atomic E-state index is 0. The Hall–Kier alpha value is 0.0934. The van der Waals surface area contributed by atoms with E-state index in [1.165, 1.54) is 0 Å². The van der Waals surface area contributed by atoms with Crippen molar-refractivity contribution in [2.75, 3.05) is 14.1 Å². The van der Waals surface area contributed by atoms with Crippen molar-refractivity contribution < 1.29 is 19.5 Å². The van der Waals surface area contributed by atoms with Gasteiger partial charge in [-0.2, -0.15) is 0 Å². The van der Waals surface area contributed by atoms with Crippen molar-refractivity contribution in [3.05, 3.63) is 5.32 Å². The van der Waals surface area contributed by atoms with Gasteiger partial charge in [0, 0.05) is 19.5 Å². The first-order valence-corrected chi connectivity index (χ1v) is 4.05. The van der Waals surface area contributed by atoms with Gasteiger partial charge in [-0.25, -0.2) is 0 Å². The standard InChI is InChI=1S/C9H19N2.Rh/c1-9(2,3)7-6-8(10-4)11-5;/h6-7H2,1-5H3;/q-1;. The predicted molar refractivity (Wildman–Crippen MR) is 51.3 cm³/mol. The maximum Gasteiger partial charge on any atom is 0 e. The number of aliphatic imine (C=N–C) groups is 1. The van der Waals surface area contributed by atoms with Crippen LogP contribution in [0.25, 0.3) is 5.32 Å². The Morgan fingerprint density at radius 1 is 1.33 bits per heavy atom. The summed E-state index contributed by atoms with van der Waals surface area (Å²) in [7, 11) is 3.59. The van der Waals surface area contributed by atoms with Crippen LogP contribution in [-0.4, -0.2) is 19.9 Å². The quantitative estimate of drug-likeness (QED) is 0.413. The van der Waals surface area contributed by atoms with Crippen LogP contribution in [-0.2, 0) is 19.5 Å². The maximum absolute atomic E-state index is 4.06. The smallest absolute Gasteiger partial charge is 0 e. The molecule has 0 bridgehead atoms. The Labute approximate surface area is 89.0 Å². The fourth-order valence-corrected chi connectivity index (χ4v) is 0.810. The zero-order valence-corrected chi connectivity index (χ0v) is 10.3. The third-order valence-corrected chi connectivity index (χ3v) is 1.61. The molecule has 0 spiro atoms. The van der Waals surface area contributed by atoms with Crippen molar-refractivity contribution in [1.82, 2.24) is 0 Å². The van der Waals surface area contributed by atoms with Crippen molar-refractivity contribution in [3.8, 4) is 0 Å². The molecule has 1 radical (unpaired) electrons. The zero-order chi connectivity index (χ0) is 8.91. The average molecular weight is 258 g/mol. The Kier molecular flexibility index (Phi) is 8.03. The van der Waals surface area contributed by atoms with Crippen LogP contribution in [0.1, 0.15) is 33.6 Å². The molecule has 0 amide bonds. The molecule has 0 atom stereocenters. The van der Waals surface area contributed by atoms with E-state index in [1.807, 2.05) is 0 Å². The molecular formula is C9H19N2Rh-. The van der Waals surface area contributed by atoms with E-state index in [0.717, 1.165) is 18.7 Å². The fraction of sp³-hybridized carbons (Fsp3) is 0.889. The van der Waals surface area contributed by atoms with Crippen molar-refractivity contribution >= 4 is 5.84 Å². The SMILES string of the molecule is CN=C(CCC(C)(C)C)[N-]C.[Rh]. The third-order valence-electron chi connectivity index (χ3n) is 1.61. The van der Waals surface area contributed by atoms with Crippen LogP contribution < -0.4 is 0 Å². The molecule has 12 heavy (non-hydrogen) atoms. The van der Waals surface area contributed by atoms with Crippen molar-refractivity contribution in [3.63, 3.8) is 0 Å². The molecule has 75 valence electrons. The number of rotatable bonds is 2. The Balaban J connectivity index is 0. The molecule has 0 N–H and O–H groups in total. The van der Waals surface area contributed by atoms with Crippen LogP contribution in [0.4, 0.5) is 0 Å². The molecule has 0 aliphatic heterocycles. The summed E-state index contributed by atoms with van der Waals surface area (Å²) >= 11 is 0. The summed E-state index contributed by atoms with van der Waals surface area (Å²) < 4.78 is 0. The van der Waals surface area contributed by atoms with E-state index in [1.54, 1.807) is 14.1 Å². The van der Waals surface area contributed by atoms with E-state index in [0.29, 0.717) is 5.41 Å². The molecule has 0 aliphatic carbocycles. The molecule has 0 aromatic rings. The molecular weight excluding hydrogens is 239 g/mol. The molecule has 0 unspecified atom stereocenters. The first kappa shape index (κ1) is 14.6. The molecule has 0 aromatic heterocycles. The number of hydrogen-bond donors (Lipinski definition) is 0. The summed E-state index contributed by atoms with van der Waals surface area (Å²) in [5, 5.41) is 4.06. The van der Waals surface area contributed by atoms with Gasteiger partial charge >= 0.3 is 0 Å². The topological polar surface area (TPSA) is 26.5 Å². The van der Waals surface area contributed by atoms with Crippen molar-refractivity contribution in [1.29, 1.82) is 0 Å². The second-order valence-electron chi connectivity index (χ2n) is 3.92. The van der Waals surface area contributed by atoms with E-state index in [4.69, 9.17) is 0 Å². The van der Waals surface area contributed by atoms with Gasteiger partial charge in [0.05, 0.1) is 0 Å². The van der Waals surface area contributed by atoms with Gasteiger partial charge in [-0.05, 0) is 18.3 Å². The summed E-state index contributed by atoms with van der Waals surface area (Å²) in [5.74, 6) is 0.972. The molecule has 0 saturated carbocycles. The first-order chi connectivity index (χ1) is 4.99. The summed E-state index contributed by atoms with van der Waals surface area (Å²) in [6, 6.07) is 0. The largest absolute Gasteiger partial charge is 0.473 e. The van der Waals surface area contributed by atoms with Gasteiger partial charge < -0.3 is 10.3 Å². The van der Waals surface area contributed by atoms with Crippen LogP contribution in [0.15, 0.2) is 4.99 Å². The van der Waals surface area contributed by atoms with E-state index in [-0.39, 0.29) is 19.5 Å². The van der Waals surface area contributed by atoms with Crippen LogP contribution in [0, 0.1) is 5.41 Å². The predicted octanol–water partition coefficient (Wildman–Crippen LogP) is 2.84. The van der Waals surface area contributed by atoms with Gasteiger partial charge in [0.25, 0.3) is 0 Å². The molecule has 2 nitrogen and oxygen atoms in total. The number of hydrogen-bond acceptors (Lipinski definition) is 1. The minimum Gasteiger partial charge on any atom is -0.473 e. The van der Waals surface area contributed by atoms with Crippen LogP contribution in [0.2, 0.25) is 0 Å². The monoisotopic (exact) mass is 258 g/mol. The van der Waals surface area contributed by atoms with Gasteiger partial charge in [0.2, 0.25) is 0 Å². The third kappa shape index (κ3) is 8.19. The van der Waals surface area contributed by atoms with Crippen LogP contribution >= 0.6 is 0 Å². The molecule has 0 rings (SSSR count). The second kappa shape index (κ2) is 6.59. The minimum absolute atomic E-state index is 0. The maximum atomic E-state index is 4.06. The summed E-state index contributed by atoms with van der Waals surface area (Å²) in [4.78, 5) is 4.06. The van der Waals surface area contributed by atoms with Crippen LogP contribution in [0.5, 0.6) is 0 Å². The van der Waals surface area contributed by atoms with E-state index < -0.39 is 0 Å². The molecule has 0 heterocycles. The molecule has 0 saturated heterocycles. The van der Waals surface area contributed by atoms with Gasteiger partial charge in [-0.1, -0.05) is 40.7 Å². The Morgan fingerprint density at radius 3 is 2.08 bits per heavy atom. The van der Waals surface area contributed by atoms with Crippen molar-refractivity contribution in [2.24, 2.45) is 10.4 Å². The molecule has 0 fully saturated rings. The number of amidine groups is 1.